The van der Waals surface area contributed by atoms with Crippen molar-refractivity contribution in [2.24, 2.45) is 11.8 Å². The normalized spacial score (nSPS) is 22.9. The molecule has 1 amide bonds. The number of fused-ring (bicyclic) bond motifs is 1. The molecule has 3 atom stereocenters. The number of alkyl halides is 3. The molecule has 2 aromatic heterocycles. The molecule has 7 nitrogen and oxygen atoms in total. The van der Waals surface area contributed by atoms with Crippen LogP contribution in [-0.2, 0) is 10.9 Å². The Hall–Kier alpha value is -2.78. The van der Waals surface area contributed by atoms with Crippen LogP contribution in [-0.4, -0.2) is 44.4 Å². The van der Waals surface area contributed by atoms with Gasteiger partial charge in [-0.2, -0.15) is 18.3 Å². The highest BCUT2D eigenvalue weighted by molar-refractivity contribution is 5.69. The van der Waals surface area contributed by atoms with Gasteiger partial charge < -0.3 is 15.4 Å². The average Bonchev–Trinajstić information content (AvgIpc) is 3.03. The third-order valence-electron chi connectivity index (χ3n) is 5.96. The minimum atomic E-state index is -4.59. The molecule has 0 unspecified atom stereocenters. The van der Waals surface area contributed by atoms with Crippen molar-refractivity contribution in [2.75, 3.05) is 18.8 Å². The maximum atomic E-state index is 13.3. The second kappa shape index (κ2) is 7.38. The molecule has 32 heavy (non-hydrogen) atoms. The Bertz CT molecular complexity index is 1030. The lowest BCUT2D eigenvalue weighted by Crippen LogP contribution is -2.37. The quantitative estimate of drug-likeness (QED) is 0.731. The molecule has 1 saturated heterocycles. The lowest BCUT2D eigenvalue weighted by Gasteiger charge is -2.26. The topological polar surface area (TPSA) is 86.3 Å². The lowest BCUT2D eigenvalue weighted by molar-refractivity contribution is -0.137. The molecule has 2 N–H and O–H groups in total. The molecule has 1 aliphatic heterocycles. The third kappa shape index (κ3) is 4.14. The standard InChI is InChI=1S/C22H28F3N5O2/c1-11(2)30-17(18-13-9-29(10-14(13)18)20(31)32-21(3,4)5)7-16(28-30)12-6-15(22(23,24)25)19(26)27-8-12/h6-8,11,13-14,18H,9-10H2,1-5H3,(H2,26,27)/t13-,14+,18+. The molecule has 0 bridgehead atoms. The molecule has 0 radical (unpaired) electrons. The minimum absolute atomic E-state index is 0.0332. The highest BCUT2D eigenvalue weighted by atomic mass is 19.4. The first-order valence-corrected chi connectivity index (χ1v) is 10.7. The molecule has 10 heteroatoms. The smallest absolute Gasteiger partial charge is 0.419 e. The maximum Gasteiger partial charge on any atom is 0.419 e. The lowest BCUT2D eigenvalue weighted by atomic mass is 10.1. The summed E-state index contributed by atoms with van der Waals surface area (Å²) in [6.07, 6.45) is -3.58. The van der Waals surface area contributed by atoms with Crippen LogP contribution in [0.4, 0.5) is 23.8 Å². The zero-order valence-corrected chi connectivity index (χ0v) is 18.8. The number of likely N-dealkylation sites (tertiary alicyclic amines) is 1. The predicted molar refractivity (Wildman–Crippen MR) is 113 cm³/mol. The number of rotatable bonds is 3. The largest absolute Gasteiger partial charge is 0.444 e. The fourth-order valence-corrected chi connectivity index (χ4v) is 4.50. The Kier molecular flexibility index (Phi) is 5.17. The zero-order chi connectivity index (χ0) is 23.6. The zero-order valence-electron chi connectivity index (χ0n) is 18.8. The van der Waals surface area contributed by atoms with Crippen LogP contribution >= 0.6 is 0 Å². The summed E-state index contributed by atoms with van der Waals surface area (Å²) in [5.41, 5.74) is 5.60. The molecule has 4 rings (SSSR count). The van der Waals surface area contributed by atoms with E-state index in [1.807, 2.05) is 45.4 Å². The van der Waals surface area contributed by atoms with E-state index in [0.29, 0.717) is 30.6 Å². The van der Waals surface area contributed by atoms with E-state index in [-0.39, 0.29) is 23.6 Å². The first-order chi connectivity index (χ1) is 14.8. The van der Waals surface area contributed by atoms with Gasteiger partial charge in [-0.15, -0.1) is 0 Å². The van der Waals surface area contributed by atoms with Gasteiger partial charge in [0, 0.05) is 42.5 Å². The number of carbonyl (C=O) groups excluding carboxylic acids is 1. The summed E-state index contributed by atoms with van der Waals surface area (Å²) in [4.78, 5) is 17.8. The van der Waals surface area contributed by atoms with Crippen molar-refractivity contribution in [1.29, 1.82) is 0 Å². The van der Waals surface area contributed by atoms with E-state index in [1.165, 1.54) is 6.20 Å². The summed E-state index contributed by atoms with van der Waals surface area (Å²) in [5, 5.41) is 4.59. The maximum absolute atomic E-state index is 13.3. The summed E-state index contributed by atoms with van der Waals surface area (Å²) in [5.74, 6) is 0.240. The number of amides is 1. The number of nitrogen functional groups attached to an aromatic ring is 1. The second-order valence-electron chi connectivity index (χ2n) is 9.89. The van der Waals surface area contributed by atoms with Gasteiger partial charge in [-0.25, -0.2) is 9.78 Å². The molecule has 0 aromatic carbocycles. The van der Waals surface area contributed by atoms with Crippen LogP contribution in [0.3, 0.4) is 0 Å². The number of anilines is 1. The van der Waals surface area contributed by atoms with Crippen molar-refractivity contribution >= 4 is 11.9 Å². The number of pyridine rings is 1. The van der Waals surface area contributed by atoms with E-state index in [2.05, 4.69) is 10.1 Å². The number of aromatic nitrogens is 3. The van der Waals surface area contributed by atoms with Crippen LogP contribution in [0.1, 0.15) is 57.8 Å². The molecule has 0 spiro atoms. The molecular formula is C22H28F3N5O2. The molecule has 2 aromatic rings. The van der Waals surface area contributed by atoms with Crippen molar-refractivity contribution < 1.29 is 22.7 Å². The van der Waals surface area contributed by atoms with Gasteiger partial charge in [0.1, 0.15) is 11.4 Å². The highest BCUT2D eigenvalue weighted by Gasteiger charge is 2.59. The molecule has 2 aliphatic rings. The van der Waals surface area contributed by atoms with Crippen LogP contribution in [0.25, 0.3) is 11.3 Å². The van der Waals surface area contributed by atoms with E-state index in [1.54, 1.807) is 4.90 Å². The number of hydrogen-bond acceptors (Lipinski definition) is 5. The average molecular weight is 451 g/mol. The fourth-order valence-electron chi connectivity index (χ4n) is 4.50. The van der Waals surface area contributed by atoms with E-state index in [9.17, 15) is 18.0 Å². The summed E-state index contributed by atoms with van der Waals surface area (Å²) in [6.45, 7) is 10.7. The predicted octanol–water partition coefficient (Wildman–Crippen LogP) is 4.71. The van der Waals surface area contributed by atoms with Gasteiger partial charge in [0.15, 0.2) is 0 Å². The van der Waals surface area contributed by atoms with Crippen molar-refractivity contribution in [1.82, 2.24) is 19.7 Å². The summed E-state index contributed by atoms with van der Waals surface area (Å²) in [6, 6.07) is 2.87. The third-order valence-corrected chi connectivity index (χ3v) is 5.96. The Morgan fingerprint density at radius 3 is 2.34 bits per heavy atom. The molecule has 2 fully saturated rings. The number of nitrogens with two attached hydrogens (primary N) is 1. The van der Waals surface area contributed by atoms with Crippen molar-refractivity contribution in [3.8, 4) is 11.3 Å². The molecule has 3 heterocycles. The monoisotopic (exact) mass is 451 g/mol. The summed E-state index contributed by atoms with van der Waals surface area (Å²) in [7, 11) is 0. The number of halogens is 3. The Morgan fingerprint density at radius 1 is 1.19 bits per heavy atom. The van der Waals surface area contributed by atoms with Gasteiger partial charge in [0.05, 0.1) is 11.3 Å². The number of ether oxygens (including phenoxy) is 1. The highest BCUT2D eigenvalue weighted by Crippen LogP contribution is 2.59. The number of hydrogen-bond donors (Lipinski definition) is 1. The summed E-state index contributed by atoms with van der Waals surface area (Å²) >= 11 is 0. The van der Waals surface area contributed by atoms with Crippen molar-refractivity contribution in [2.45, 2.75) is 58.4 Å². The molecular weight excluding hydrogens is 423 g/mol. The first kappa shape index (κ1) is 22.4. The van der Waals surface area contributed by atoms with E-state index < -0.39 is 23.2 Å². The van der Waals surface area contributed by atoms with E-state index in [4.69, 9.17) is 10.5 Å². The van der Waals surface area contributed by atoms with Crippen molar-refractivity contribution in [3.63, 3.8) is 0 Å². The molecule has 1 saturated carbocycles. The Morgan fingerprint density at radius 2 is 1.81 bits per heavy atom. The Balaban J connectivity index is 1.56. The van der Waals surface area contributed by atoms with Crippen LogP contribution in [0.15, 0.2) is 18.3 Å². The van der Waals surface area contributed by atoms with Gasteiger partial charge >= 0.3 is 12.3 Å². The fraction of sp³-hybridized carbons (Fsp3) is 0.591. The van der Waals surface area contributed by atoms with Gasteiger partial charge in [0.25, 0.3) is 0 Å². The van der Waals surface area contributed by atoms with Gasteiger partial charge in [-0.3, -0.25) is 4.68 Å². The minimum Gasteiger partial charge on any atom is -0.444 e. The molecule has 174 valence electrons. The number of carbonyl (C=O) groups is 1. The summed E-state index contributed by atoms with van der Waals surface area (Å²) < 4.78 is 47.1. The Labute approximate surface area is 184 Å². The first-order valence-electron chi connectivity index (χ1n) is 10.7. The van der Waals surface area contributed by atoms with E-state index in [0.717, 1.165) is 11.8 Å². The molecule has 1 aliphatic carbocycles. The van der Waals surface area contributed by atoms with E-state index >= 15 is 0 Å². The van der Waals surface area contributed by atoms with Crippen LogP contribution in [0, 0.1) is 11.8 Å². The van der Waals surface area contributed by atoms with Gasteiger partial charge in [-0.05, 0) is 58.6 Å². The number of nitrogens with zero attached hydrogens (tertiary/aromatic N) is 4. The second-order valence-corrected chi connectivity index (χ2v) is 9.89. The van der Waals surface area contributed by atoms with Crippen LogP contribution in [0.2, 0.25) is 0 Å². The van der Waals surface area contributed by atoms with Crippen LogP contribution in [0.5, 0.6) is 0 Å². The van der Waals surface area contributed by atoms with Gasteiger partial charge in [-0.1, -0.05) is 0 Å². The SMILES string of the molecule is CC(C)n1nc(-c2cnc(N)c(C(F)(F)F)c2)cc1[C@H]1[C@@H]2CN(C(=O)OC(C)(C)C)C[C@@H]21. The van der Waals surface area contributed by atoms with Crippen molar-refractivity contribution in [3.05, 3.63) is 29.6 Å². The van der Waals surface area contributed by atoms with Gasteiger partial charge in [0.2, 0.25) is 0 Å². The number of piperidine rings is 1. The van der Waals surface area contributed by atoms with Crippen LogP contribution < -0.4 is 5.73 Å².